The van der Waals surface area contributed by atoms with Crippen LogP contribution in [0, 0.1) is 0 Å². The van der Waals surface area contributed by atoms with Crippen LogP contribution in [0.5, 0.6) is 0 Å². The molecule has 1 aromatic heterocycles. The Balaban J connectivity index is 2.02. The fourth-order valence-corrected chi connectivity index (χ4v) is 3.17. The van der Waals surface area contributed by atoms with Gasteiger partial charge >= 0.3 is 6.18 Å². The van der Waals surface area contributed by atoms with E-state index in [1.165, 1.54) is 6.07 Å². The lowest BCUT2D eigenvalue weighted by atomic mass is 10.0. The molecule has 2 aromatic rings. The van der Waals surface area contributed by atoms with Gasteiger partial charge in [0.15, 0.2) is 0 Å². The van der Waals surface area contributed by atoms with Gasteiger partial charge in [-0.25, -0.2) is 13.2 Å². The summed E-state index contributed by atoms with van der Waals surface area (Å²) in [6, 6.07) is 2.76. The third-order valence-electron chi connectivity index (χ3n) is 4.42. The second kappa shape index (κ2) is 7.65. The number of nitrogens with zero attached hydrogens (tertiary/aromatic N) is 2. The van der Waals surface area contributed by atoms with E-state index in [0.29, 0.717) is 12.8 Å². The molecular formula is C17H14ClF6N3O. The molecule has 1 fully saturated rings. The first-order chi connectivity index (χ1) is 13.1. The summed E-state index contributed by atoms with van der Waals surface area (Å²) in [6.45, 7) is -1.79. The zero-order chi connectivity index (χ0) is 20.6. The SMILES string of the molecule is O=C(c1c(C(F)F)n[nH]c1CF)N(Cc1c(Cl)cccc1C(F)(F)F)C1CC1. The molecule has 1 aliphatic carbocycles. The van der Waals surface area contributed by atoms with Crippen LogP contribution in [0.2, 0.25) is 5.02 Å². The molecule has 0 saturated heterocycles. The number of hydrogen-bond acceptors (Lipinski definition) is 2. The molecule has 1 N–H and O–H groups in total. The number of rotatable bonds is 6. The molecular weight excluding hydrogens is 412 g/mol. The molecule has 1 saturated carbocycles. The third kappa shape index (κ3) is 3.96. The summed E-state index contributed by atoms with van der Waals surface area (Å²) >= 11 is 5.94. The highest BCUT2D eigenvalue weighted by Gasteiger charge is 2.40. The fourth-order valence-electron chi connectivity index (χ4n) is 2.94. The Bertz CT molecular complexity index is 878. The Morgan fingerprint density at radius 1 is 1.32 bits per heavy atom. The number of amides is 1. The number of alkyl halides is 6. The molecule has 0 bridgehead atoms. The number of carbonyl (C=O) groups excluding carboxylic acids is 1. The highest BCUT2D eigenvalue weighted by atomic mass is 35.5. The van der Waals surface area contributed by atoms with Gasteiger partial charge in [0.2, 0.25) is 0 Å². The number of halogens is 7. The van der Waals surface area contributed by atoms with Crippen molar-refractivity contribution in [3.8, 4) is 0 Å². The number of H-pyrrole nitrogens is 1. The van der Waals surface area contributed by atoms with Gasteiger partial charge in [-0.05, 0) is 25.0 Å². The maximum atomic E-state index is 13.3. The number of aromatic amines is 1. The second-order valence-electron chi connectivity index (χ2n) is 6.32. The topological polar surface area (TPSA) is 49.0 Å². The van der Waals surface area contributed by atoms with Crippen molar-refractivity contribution >= 4 is 17.5 Å². The van der Waals surface area contributed by atoms with Gasteiger partial charge in [0.1, 0.15) is 12.4 Å². The molecule has 0 spiro atoms. The van der Waals surface area contributed by atoms with Gasteiger partial charge in [0.25, 0.3) is 12.3 Å². The maximum Gasteiger partial charge on any atom is 0.416 e. The minimum Gasteiger partial charge on any atom is -0.331 e. The zero-order valence-electron chi connectivity index (χ0n) is 14.2. The highest BCUT2D eigenvalue weighted by molar-refractivity contribution is 6.31. The number of nitrogens with one attached hydrogen (secondary N) is 1. The second-order valence-corrected chi connectivity index (χ2v) is 6.73. The Hall–Kier alpha value is -2.23. The Labute approximate surface area is 160 Å². The van der Waals surface area contributed by atoms with Crippen LogP contribution in [0.1, 0.15) is 52.1 Å². The number of benzene rings is 1. The summed E-state index contributed by atoms with van der Waals surface area (Å²) < 4.78 is 79.5. The minimum atomic E-state index is -4.72. The summed E-state index contributed by atoms with van der Waals surface area (Å²) in [6.07, 6.45) is -6.89. The lowest BCUT2D eigenvalue weighted by molar-refractivity contribution is -0.138. The predicted molar refractivity (Wildman–Crippen MR) is 87.7 cm³/mol. The van der Waals surface area contributed by atoms with Crippen molar-refractivity contribution < 1.29 is 31.1 Å². The van der Waals surface area contributed by atoms with E-state index in [9.17, 15) is 31.1 Å². The van der Waals surface area contributed by atoms with E-state index in [4.69, 9.17) is 11.6 Å². The van der Waals surface area contributed by atoms with Crippen LogP contribution in [0.15, 0.2) is 18.2 Å². The van der Waals surface area contributed by atoms with Crippen LogP contribution >= 0.6 is 11.6 Å². The molecule has 0 atom stereocenters. The first-order valence-corrected chi connectivity index (χ1v) is 8.59. The first-order valence-electron chi connectivity index (χ1n) is 8.22. The van der Waals surface area contributed by atoms with Crippen molar-refractivity contribution in [3.05, 3.63) is 51.3 Å². The van der Waals surface area contributed by atoms with Crippen molar-refractivity contribution in [2.24, 2.45) is 0 Å². The highest BCUT2D eigenvalue weighted by Crippen LogP contribution is 2.38. The minimum absolute atomic E-state index is 0.208. The molecule has 152 valence electrons. The first kappa shape index (κ1) is 20.5. The predicted octanol–water partition coefficient (Wildman–Crippen LogP) is 5.29. The average Bonchev–Trinajstić information content (AvgIpc) is 3.36. The summed E-state index contributed by atoms with van der Waals surface area (Å²) in [7, 11) is 0. The zero-order valence-corrected chi connectivity index (χ0v) is 14.9. The van der Waals surface area contributed by atoms with Crippen LogP contribution in [0.25, 0.3) is 0 Å². The molecule has 1 heterocycles. The van der Waals surface area contributed by atoms with Gasteiger partial charge in [0, 0.05) is 23.2 Å². The van der Waals surface area contributed by atoms with Gasteiger partial charge in [-0.1, -0.05) is 17.7 Å². The number of hydrogen-bond donors (Lipinski definition) is 1. The molecule has 0 radical (unpaired) electrons. The summed E-state index contributed by atoms with van der Waals surface area (Å²) in [5.74, 6) is -1.01. The van der Waals surface area contributed by atoms with E-state index < -0.39 is 60.3 Å². The van der Waals surface area contributed by atoms with Gasteiger partial charge < -0.3 is 4.90 Å². The molecule has 1 aliphatic rings. The standard InChI is InChI=1S/C17H14ClF6N3O/c18-11-3-1-2-10(17(22,23)24)9(11)7-27(8-4-5-8)16(28)13-12(6-19)25-26-14(13)15(20)21/h1-3,8,15H,4-7H2,(H,25,26). The quantitative estimate of drug-likeness (QED) is 0.639. The average molecular weight is 426 g/mol. The molecule has 0 unspecified atom stereocenters. The monoisotopic (exact) mass is 425 g/mol. The Morgan fingerprint density at radius 3 is 2.54 bits per heavy atom. The molecule has 1 aromatic carbocycles. The van der Waals surface area contributed by atoms with Crippen LogP contribution in [0.3, 0.4) is 0 Å². The van der Waals surface area contributed by atoms with E-state index in [2.05, 4.69) is 10.2 Å². The Morgan fingerprint density at radius 2 is 2.00 bits per heavy atom. The van der Waals surface area contributed by atoms with Crippen molar-refractivity contribution in [1.29, 1.82) is 0 Å². The summed E-state index contributed by atoms with van der Waals surface area (Å²) in [5.41, 5.74) is -3.39. The van der Waals surface area contributed by atoms with Crippen molar-refractivity contribution in [2.75, 3.05) is 0 Å². The lowest BCUT2D eigenvalue weighted by Crippen LogP contribution is -2.34. The molecule has 4 nitrogen and oxygen atoms in total. The van der Waals surface area contributed by atoms with E-state index >= 15 is 0 Å². The van der Waals surface area contributed by atoms with Crippen molar-refractivity contribution in [2.45, 2.75) is 44.7 Å². The maximum absolute atomic E-state index is 13.3. The van der Waals surface area contributed by atoms with E-state index in [0.717, 1.165) is 17.0 Å². The largest absolute Gasteiger partial charge is 0.416 e. The molecule has 0 aliphatic heterocycles. The molecule has 3 rings (SSSR count). The summed E-state index contributed by atoms with van der Waals surface area (Å²) in [4.78, 5) is 13.9. The molecule has 1 amide bonds. The van der Waals surface area contributed by atoms with Crippen LogP contribution in [-0.4, -0.2) is 27.0 Å². The molecule has 11 heteroatoms. The smallest absolute Gasteiger partial charge is 0.331 e. The van der Waals surface area contributed by atoms with Crippen molar-refractivity contribution in [1.82, 2.24) is 15.1 Å². The van der Waals surface area contributed by atoms with Crippen LogP contribution < -0.4 is 0 Å². The fraction of sp³-hybridized carbons (Fsp3) is 0.412. The molecule has 28 heavy (non-hydrogen) atoms. The Kier molecular flexibility index (Phi) is 5.60. The van der Waals surface area contributed by atoms with Crippen LogP contribution in [0.4, 0.5) is 26.3 Å². The third-order valence-corrected chi connectivity index (χ3v) is 4.78. The van der Waals surface area contributed by atoms with Crippen LogP contribution in [-0.2, 0) is 19.4 Å². The van der Waals surface area contributed by atoms with Crippen molar-refractivity contribution in [3.63, 3.8) is 0 Å². The van der Waals surface area contributed by atoms with Gasteiger partial charge in [-0.3, -0.25) is 9.89 Å². The normalized spacial score (nSPS) is 14.6. The van der Waals surface area contributed by atoms with E-state index in [1.54, 1.807) is 0 Å². The summed E-state index contributed by atoms with van der Waals surface area (Å²) in [5, 5.41) is 5.13. The van der Waals surface area contributed by atoms with Gasteiger partial charge in [-0.2, -0.15) is 18.3 Å². The lowest BCUT2D eigenvalue weighted by Gasteiger charge is -2.25. The van der Waals surface area contributed by atoms with Gasteiger partial charge in [-0.15, -0.1) is 0 Å². The van der Waals surface area contributed by atoms with Gasteiger partial charge in [0.05, 0.1) is 16.8 Å². The number of aromatic nitrogens is 2. The number of carbonyl (C=O) groups is 1. The van der Waals surface area contributed by atoms with E-state index in [-0.39, 0.29) is 10.6 Å². The van der Waals surface area contributed by atoms with E-state index in [1.807, 2.05) is 0 Å².